The van der Waals surface area contributed by atoms with E-state index in [2.05, 4.69) is 31.1 Å². The summed E-state index contributed by atoms with van der Waals surface area (Å²) in [5.74, 6) is 0. The second-order valence-electron chi connectivity index (χ2n) is 5.08. The Balaban J connectivity index is 2.06. The van der Waals surface area contributed by atoms with Crippen LogP contribution in [-0.4, -0.2) is 23.7 Å². The molecule has 0 bridgehead atoms. The average molecular weight is 269 g/mol. The number of pyridine rings is 1. The van der Waals surface area contributed by atoms with Gasteiger partial charge in [0.05, 0.1) is 11.8 Å². The largest absolute Gasteiger partial charge is 0.379 e. The fraction of sp³-hybridized carbons (Fsp3) is 0.643. The maximum atomic E-state index is 6.08. The molecule has 3 nitrogen and oxygen atoms in total. The van der Waals surface area contributed by atoms with Gasteiger partial charge in [-0.25, -0.2) is 4.98 Å². The Hall–Kier alpha value is -0.800. The molecule has 1 heterocycles. The first-order chi connectivity index (χ1) is 8.61. The molecule has 0 spiro atoms. The quantitative estimate of drug-likeness (QED) is 0.826. The third kappa shape index (κ3) is 2.34. The SMILES string of the molecule is CCOC1CC(Nc2cccnc2Cl)C1(C)CC. The molecule has 4 heteroatoms. The fourth-order valence-electron chi connectivity index (χ4n) is 2.66. The molecule has 1 aromatic heterocycles. The number of anilines is 1. The van der Waals surface area contributed by atoms with Crippen molar-refractivity contribution in [2.75, 3.05) is 11.9 Å². The molecule has 0 saturated heterocycles. The van der Waals surface area contributed by atoms with Crippen LogP contribution in [0.5, 0.6) is 0 Å². The third-order valence-electron chi connectivity index (χ3n) is 4.20. The van der Waals surface area contributed by atoms with Crippen molar-refractivity contribution >= 4 is 17.3 Å². The second kappa shape index (κ2) is 5.45. The Bertz CT molecular complexity index is 413. The summed E-state index contributed by atoms with van der Waals surface area (Å²) in [6, 6.07) is 4.27. The van der Waals surface area contributed by atoms with E-state index in [-0.39, 0.29) is 5.41 Å². The molecular formula is C14H21ClN2O. The fourth-order valence-corrected chi connectivity index (χ4v) is 2.83. The summed E-state index contributed by atoms with van der Waals surface area (Å²) in [5, 5.41) is 4.04. The van der Waals surface area contributed by atoms with Crippen molar-refractivity contribution < 1.29 is 4.74 Å². The van der Waals surface area contributed by atoms with Gasteiger partial charge in [-0.1, -0.05) is 25.4 Å². The topological polar surface area (TPSA) is 34.1 Å². The van der Waals surface area contributed by atoms with E-state index in [1.165, 1.54) is 0 Å². The number of rotatable bonds is 5. The van der Waals surface area contributed by atoms with Crippen LogP contribution in [0.1, 0.15) is 33.6 Å². The highest BCUT2D eigenvalue weighted by Gasteiger charge is 2.51. The van der Waals surface area contributed by atoms with Gasteiger partial charge in [0.25, 0.3) is 0 Å². The molecule has 1 fully saturated rings. The van der Waals surface area contributed by atoms with Gasteiger partial charge in [0, 0.05) is 24.3 Å². The number of halogens is 1. The van der Waals surface area contributed by atoms with Gasteiger partial charge in [-0.3, -0.25) is 0 Å². The summed E-state index contributed by atoms with van der Waals surface area (Å²) in [5.41, 5.74) is 1.09. The molecule has 100 valence electrons. The van der Waals surface area contributed by atoms with Crippen molar-refractivity contribution in [1.29, 1.82) is 0 Å². The van der Waals surface area contributed by atoms with E-state index in [4.69, 9.17) is 16.3 Å². The van der Waals surface area contributed by atoms with Gasteiger partial charge < -0.3 is 10.1 Å². The average Bonchev–Trinajstić information content (AvgIpc) is 2.38. The standard InChI is InChI=1S/C14H21ClN2O/c1-4-14(3)11(9-12(14)18-5-2)17-10-7-6-8-16-13(10)15/h6-8,11-12,17H,4-5,9H2,1-3H3. The molecular weight excluding hydrogens is 248 g/mol. The molecule has 1 saturated carbocycles. The Morgan fingerprint density at radius 3 is 2.94 bits per heavy atom. The zero-order chi connectivity index (χ0) is 13.2. The summed E-state index contributed by atoms with van der Waals surface area (Å²) in [6.07, 6.45) is 4.17. The van der Waals surface area contributed by atoms with Gasteiger partial charge in [-0.05, 0) is 31.9 Å². The number of aromatic nitrogens is 1. The first kappa shape index (κ1) is 13.6. The highest BCUT2D eigenvalue weighted by molar-refractivity contribution is 6.31. The zero-order valence-electron chi connectivity index (χ0n) is 11.2. The van der Waals surface area contributed by atoms with E-state index in [1.54, 1.807) is 6.20 Å². The monoisotopic (exact) mass is 268 g/mol. The molecule has 2 rings (SSSR count). The van der Waals surface area contributed by atoms with E-state index in [0.29, 0.717) is 17.3 Å². The summed E-state index contributed by atoms with van der Waals surface area (Å²) >= 11 is 6.08. The van der Waals surface area contributed by atoms with Crippen LogP contribution in [0.3, 0.4) is 0 Å². The highest BCUT2D eigenvalue weighted by Crippen LogP contribution is 2.47. The summed E-state index contributed by atoms with van der Waals surface area (Å²) < 4.78 is 5.79. The predicted molar refractivity (Wildman–Crippen MR) is 75.1 cm³/mol. The summed E-state index contributed by atoms with van der Waals surface area (Å²) in [4.78, 5) is 4.09. The van der Waals surface area contributed by atoms with Crippen molar-refractivity contribution in [2.24, 2.45) is 5.41 Å². The number of hydrogen-bond donors (Lipinski definition) is 1. The number of nitrogens with zero attached hydrogens (tertiary/aromatic N) is 1. The van der Waals surface area contributed by atoms with E-state index in [1.807, 2.05) is 12.1 Å². The summed E-state index contributed by atoms with van der Waals surface area (Å²) in [7, 11) is 0. The number of nitrogens with one attached hydrogen (secondary N) is 1. The van der Waals surface area contributed by atoms with Crippen LogP contribution >= 0.6 is 11.6 Å². The van der Waals surface area contributed by atoms with Gasteiger partial charge >= 0.3 is 0 Å². The Morgan fingerprint density at radius 1 is 1.56 bits per heavy atom. The molecule has 1 aliphatic carbocycles. The molecule has 3 unspecified atom stereocenters. The van der Waals surface area contributed by atoms with Gasteiger partial charge in [-0.2, -0.15) is 0 Å². The van der Waals surface area contributed by atoms with Crippen molar-refractivity contribution in [1.82, 2.24) is 4.98 Å². The van der Waals surface area contributed by atoms with Crippen LogP contribution in [0.4, 0.5) is 5.69 Å². The zero-order valence-corrected chi connectivity index (χ0v) is 12.0. The molecule has 0 aliphatic heterocycles. The van der Waals surface area contributed by atoms with Gasteiger partial charge in [0.15, 0.2) is 5.15 Å². The van der Waals surface area contributed by atoms with Crippen molar-refractivity contribution in [3.8, 4) is 0 Å². The molecule has 1 aliphatic rings. The minimum absolute atomic E-state index is 0.176. The van der Waals surface area contributed by atoms with Gasteiger partial charge in [0.1, 0.15) is 0 Å². The first-order valence-corrected chi connectivity index (χ1v) is 6.98. The lowest BCUT2D eigenvalue weighted by molar-refractivity contribution is -0.109. The lowest BCUT2D eigenvalue weighted by Crippen LogP contribution is -2.59. The lowest BCUT2D eigenvalue weighted by atomic mass is 9.61. The van der Waals surface area contributed by atoms with E-state index < -0.39 is 0 Å². The first-order valence-electron chi connectivity index (χ1n) is 6.60. The molecule has 0 radical (unpaired) electrons. The van der Waals surface area contributed by atoms with E-state index >= 15 is 0 Å². The summed E-state index contributed by atoms with van der Waals surface area (Å²) in [6.45, 7) is 7.32. The molecule has 1 aromatic rings. The molecule has 1 N–H and O–H groups in total. The highest BCUT2D eigenvalue weighted by atomic mass is 35.5. The second-order valence-corrected chi connectivity index (χ2v) is 5.44. The van der Waals surface area contributed by atoms with Crippen LogP contribution in [-0.2, 0) is 4.74 Å². The van der Waals surface area contributed by atoms with Crippen LogP contribution in [0, 0.1) is 5.41 Å². The van der Waals surface area contributed by atoms with Gasteiger partial charge in [0.2, 0.25) is 0 Å². The molecule has 0 aromatic carbocycles. The van der Waals surface area contributed by atoms with Crippen molar-refractivity contribution in [3.63, 3.8) is 0 Å². The minimum Gasteiger partial charge on any atom is -0.379 e. The van der Waals surface area contributed by atoms with E-state index in [9.17, 15) is 0 Å². The minimum atomic E-state index is 0.176. The van der Waals surface area contributed by atoms with Crippen LogP contribution in [0.2, 0.25) is 5.15 Å². The smallest absolute Gasteiger partial charge is 0.152 e. The van der Waals surface area contributed by atoms with Crippen LogP contribution in [0.15, 0.2) is 18.3 Å². The Morgan fingerprint density at radius 2 is 2.33 bits per heavy atom. The van der Waals surface area contributed by atoms with Crippen LogP contribution in [0.25, 0.3) is 0 Å². The molecule has 3 atom stereocenters. The maximum Gasteiger partial charge on any atom is 0.152 e. The number of ether oxygens (including phenoxy) is 1. The Labute approximate surface area is 114 Å². The number of hydrogen-bond acceptors (Lipinski definition) is 3. The van der Waals surface area contributed by atoms with Gasteiger partial charge in [-0.15, -0.1) is 0 Å². The van der Waals surface area contributed by atoms with E-state index in [0.717, 1.165) is 25.1 Å². The van der Waals surface area contributed by atoms with Crippen molar-refractivity contribution in [2.45, 2.75) is 45.8 Å². The molecule has 0 amide bonds. The Kier molecular flexibility index (Phi) is 4.13. The molecule has 18 heavy (non-hydrogen) atoms. The third-order valence-corrected chi connectivity index (χ3v) is 4.50. The van der Waals surface area contributed by atoms with Crippen molar-refractivity contribution in [3.05, 3.63) is 23.5 Å². The lowest BCUT2D eigenvalue weighted by Gasteiger charge is -2.53. The predicted octanol–water partition coefficient (Wildman–Crippen LogP) is 3.74. The normalized spacial score (nSPS) is 30.9. The van der Waals surface area contributed by atoms with Crippen LogP contribution < -0.4 is 5.32 Å². The maximum absolute atomic E-state index is 6.08.